The van der Waals surface area contributed by atoms with Gasteiger partial charge in [0, 0.05) is 30.0 Å². The van der Waals surface area contributed by atoms with Gasteiger partial charge in [0.15, 0.2) is 6.10 Å². The summed E-state index contributed by atoms with van der Waals surface area (Å²) < 4.78 is 10.1. The van der Waals surface area contributed by atoms with E-state index in [1.807, 2.05) is 0 Å². The summed E-state index contributed by atoms with van der Waals surface area (Å²) in [5.41, 5.74) is 1.06. The van der Waals surface area contributed by atoms with Gasteiger partial charge in [-0.1, -0.05) is 6.07 Å². The fourth-order valence-electron chi connectivity index (χ4n) is 2.08. The number of ether oxygens (including phenoxy) is 2. The van der Waals surface area contributed by atoms with E-state index >= 15 is 0 Å². The van der Waals surface area contributed by atoms with Crippen LogP contribution in [0.2, 0.25) is 0 Å². The third-order valence-corrected chi connectivity index (χ3v) is 3.52. The zero-order valence-electron chi connectivity index (χ0n) is 14.7. The zero-order valence-corrected chi connectivity index (χ0v) is 14.7. The summed E-state index contributed by atoms with van der Waals surface area (Å²) in [4.78, 5) is 34.0. The lowest BCUT2D eigenvalue weighted by atomic mass is 10.2. The molecule has 0 spiro atoms. The number of carbonyl (C=O) groups excluding carboxylic acids is 2. The van der Waals surface area contributed by atoms with E-state index in [0.29, 0.717) is 17.0 Å². The van der Waals surface area contributed by atoms with Crippen LogP contribution < -0.4 is 10.1 Å². The normalized spacial score (nSPS) is 11.6. The highest BCUT2D eigenvalue weighted by Gasteiger charge is 2.16. The van der Waals surface area contributed by atoms with Crippen molar-refractivity contribution < 1.29 is 24.0 Å². The van der Waals surface area contributed by atoms with Gasteiger partial charge in [0.25, 0.3) is 11.6 Å². The number of nitrogens with zero attached hydrogens (tertiary/aromatic N) is 1. The second-order valence-corrected chi connectivity index (χ2v) is 5.48. The first-order valence-electron chi connectivity index (χ1n) is 7.97. The number of nitro benzene ring substituents is 1. The van der Waals surface area contributed by atoms with E-state index in [9.17, 15) is 19.7 Å². The van der Waals surface area contributed by atoms with Crippen molar-refractivity contribution in [3.63, 3.8) is 0 Å². The minimum atomic E-state index is -1.01. The lowest BCUT2D eigenvalue weighted by Crippen LogP contribution is -2.29. The number of non-ortho nitro benzene ring substituents is 1. The highest BCUT2D eigenvalue weighted by atomic mass is 16.6. The molecule has 0 fully saturated rings. The average molecular weight is 370 g/mol. The molecule has 1 atom stereocenters. The quantitative estimate of drug-likeness (QED) is 0.347. The van der Waals surface area contributed by atoms with E-state index in [1.165, 1.54) is 44.4 Å². The molecule has 0 radical (unpaired) electrons. The van der Waals surface area contributed by atoms with Crippen molar-refractivity contribution in [2.75, 3.05) is 12.4 Å². The Morgan fingerprint density at radius 1 is 1.19 bits per heavy atom. The summed E-state index contributed by atoms with van der Waals surface area (Å²) in [6, 6.07) is 12.4. The highest BCUT2D eigenvalue weighted by molar-refractivity contribution is 5.96. The molecule has 2 rings (SSSR count). The molecule has 1 amide bonds. The minimum Gasteiger partial charge on any atom is -0.497 e. The van der Waals surface area contributed by atoms with Crippen LogP contribution in [-0.2, 0) is 14.3 Å². The van der Waals surface area contributed by atoms with Crippen LogP contribution in [0.25, 0.3) is 6.08 Å². The van der Waals surface area contributed by atoms with Crippen molar-refractivity contribution in [2.24, 2.45) is 0 Å². The van der Waals surface area contributed by atoms with Gasteiger partial charge in [0.1, 0.15) is 5.75 Å². The summed E-state index contributed by atoms with van der Waals surface area (Å²) >= 11 is 0. The maximum atomic E-state index is 12.1. The molecule has 0 saturated carbocycles. The largest absolute Gasteiger partial charge is 0.497 e. The molecule has 1 N–H and O–H groups in total. The smallest absolute Gasteiger partial charge is 0.331 e. The Hall–Kier alpha value is -3.68. The van der Waals surface area contributed by atoms with Crippen LogP contribution in [0.4, 0.5) is 11.4 Å². The molecular formula is C19H18N2O6. The standard InChI is InChI=1S/C19H18N2O6/c1-13(19(23)20-15-4-3-5-17(12-15)26-2)27-18(22)11-8-14-6-9-16(10-7-14)21(24)25/h3-13H,1-2H3,(H,20,23)/b11-8+/t13-/m1/s1. The van der Waals surface area contributed by atoms with Gasteiger partial charge < -0.3 is 14.8 Å². The SMILES string of the molecule is COc1cccc(NC(=O)[C@@H](C)OC(=O)/C=C/c2ccc([N+](=O)[O-])cc2)c1. The van der Waals surface area contributed by atoms with Crippen LogP contribution in [0.5, 0.6) is 5.75 Å². The number of hydrogen-bond acceptors (Lipinski definition) is 6. The molecule has 0 heterocycles. The Kier molecular flexibility index (Phi) is 6.65. The first kappa shape index (κ1) is 19.6. The molecule has 0 aliphatic rings. The lowest BCUT2D eigenvalue weighted by Gasteiger charge is -2.12. The molecule has 0 aliphatic heterocycles. The van der Waals surface area contributed by atoms with Crippen LogP contribution in [0.15, 0.2) is 54.6 Å². The molecule has 0 aromatic heterocycles. The summed E-state index contributed by atoms with van der Waals surface area (Å²) in [7, 11) is 1.52. The third-order valence-electron chi connectivity index (χ3n) is 3.52. The number of amides is 1. The van der Waals surface area contributed by atoms with Crippen LogP contribution in [-0.4, -0.2) is 30.0 Å². The molecule has 27 heavy (non-hydrogen) atoms. The van der Waals surface area contributed by atoms with Crippen LogP contribution in [0.3, 0.4) is 0 Å². The molecule has 8 heteroatoms. The lowest BCUT2D eigenvalue weighted by molar-refractivity contribution is -0.384. The maximum absolute atomic E-state index is 12.1. The summed E-state index contributed by atoms with van der Waals surface area (Å²) in [6.45, 7) is 1.45. The van der Waals surface area contributed by atoms with Crippen LogP contribution in [0, 0.1) is 10.1 Å². The van der Waals surface area contributed by atoms with Crippen molar-refractivity contribution in [1.82, 2.24) is 0 Å². The van der Waals surface area contributed by atoms with Gasteiger partial charge in [0.2, 0.25) is 0 Å². The van der Waals surface area contributed by atoms with E-state index in [1.54, 1.807) is 24.3 Å². The van der Waals surface area contributed by atoms with Gasteiger partial charge in [0.05, 0.1) is 12.0 Å². The Bertz CT molecular complexity index is 861. The number of hydrogen-bond donors (Lipinski definition) is 1. The Balaban J connectivity index is 1.89. The van der Waals surface area contributed by atoms with E-state index in [2.05, 4.69) is 5.32 Å². The maximum Gasteiger partial charge on any atom is 0.331 e. The van der Waals surface area contributed by atoms with Crippen molar-refractivity contribution in [2.45, 2.75) is 13.0 Å². The zero-order chi connectivity index (χ0) is 19.8. The Morgan fingerprint density at radius 3 is 2.52 bits per heavy atom. The Labute approximate surface area is 155 Å². The minimum absolute atomic E-state index is 0.0439. The third kappa shape index (κ3) is 5.96. The molecule has 0 saturated heterocycles. The molecule has 2 aromatic rings. The van der Waals surface area contributed by atoms with Gasteiger partial charge in [-0.05, 0) is 42.8 Å². The molecule has 2 aromatic carbocycles. The Morgan fingerprint density at radius 2 is 1.89 bits per heavy atom. The second kappa shape index (κ2) is 9.14. The molecular weight excluding hydrogens is 352 g/mol. The van der Waals surface area contributed by atoms with Gasteiger partial charge >= 0.3 is 5.97 Å². The summed E-state index contributed by atoms with van der Waals surface area (Å²) in [5.74, 6) is -0.606. The van der Waals surface area contributed by atoms with Crippen molar-refractivity contribution >= 4 is 29.3 Å². The molecule has 0 aliphatic carbocycles. The number of esters is 1. The van der Waals surface area contributed by atoms with Gasteiger partial charge in [-0.25, -0.2) is 4.79 Å². The van der Waals surface area contributed by atoms with Gasteiger partial charge in [-0.2, -0.15) is 0 Å². The number of methoxy groups -OCH3 is 1. The molecule has 0 unspecified atom stereocenters. The molecule has 0 bridgehead atoms. The summed E-state index contributed by atoms with van der Waals surface area (Å²) in [6.07, 6.45) is 1.58. The first-order chi connectivity index (χ1) is 12.9. The number of carbonyl (C=O) groups is 2. The fraction of sp³-hybridized carbons (Fsp3) is 0.158. The second-order valence-electron chi connectivity index (χ2n) is 5.48. The molecule has 140 valence electrons. The van der Waals surface area contributed by atoms with Crippen LogP contribution >= 0.6 is 0 Å². The van der Waals surface area contributed by atoms with E-state index in [0.717, 1.165) is 6.08 Å². The first-order valence-corrected chi connectivity index (χ1v) is 7.97. The van der Waals surface area contributed by atoms with E-state index in [4.69, 9.17) is 9.47 Å². The number of anilines is 1. The van der Waals surface area contributed by atoms with E-state index < -0.39 is 22.9 Å². The van der Waals surface area contributed by atoms with Crippen molar-refractivity contribution in [1.29, 1.82) is 0 Å². The van der Waals surface area contributed by atoms with E-state index in [-0.39, 0.29) is 5.69 Å². The molecule has 8 nitrogen and oxygen atoms in total. The summed E-state index contributed by atoms with van der Waals surface area (Å²) in [5, 5.41) is 13.2. The number of nitrogens with one attached hydrogen (secondary N) is 1. The predicted octanol–water partition coefficient (Wildman–Crippen LogP) is 3.19. The van der Waals surface area contributed by atoms with Crippen LogP contribution in [0.1, 0.15) is 12.5 Å². The fourth-order valence-corrected chi connectivity index (χ4v) is 2.08. The van der Waals surface area contributed by atoms with Crippen molar-refractivity contribution in [3.05, 3.63) is 70.3 Å². The number of rotatable bonds is 7. The monoisotopic (exact) mass is 370 g/mol. The topological polar surface area (TPSA) is 108 Å². The number of benzene rings is 2. The highest BCUT2D eigenvalue weighted by Crippen LogP contribution is 2.17. The average Bonchev–Trinajstić information content (AvgIpc) is 2.66. The number of nitro groups is 1. The van der Waals surface area contributed by atoms with Gasteiger partial charge in [-0.3, -0.25) is 14.9 Å². The predicted molar refractivity (Wildman–Crippen MR) is 99.3 cm³/mol. The van der Waals surface area contributed by atoms with Gasteiger partial charge in [-0.15, -0.1) is 0 Å². The van der Waals surface area contributed by atoms with Crippen molar-refractivity contribution in [3.8, 4) is 5.75 Å².